The number of carbonyl (C=O) groups is 2. The van der Waals surface area contributed by atoms with Crippen molar-refractivity contribution in [3.05, 3.63) is 99.1 Å². The molecule has 1 aliphatic heterocycles. The Hall–Kier alpha value is -3.57. The van der Waals surface area contributed by atoms with Gasteiger partial charge >= 0.3 is 0 Å². The minimum absolute atomic E-state index is 0.00820. The van der Waals surface area contributed by atoms with E-state index in [1.54, 1.807) is 24.3 Å². The van der Waals surface area contributed by atoms with Crippen molar-refractivity contribution >= 4 is 34.7 Å². The minimum atomic E-state index is -0.809. The van der Waals surface area contributed by atoms with E-state index in [1.807, 2.05) is 57.2 Å². The fourth-order valence-corrected chi connectivity index (χ4v) is 4.57. The van der Waals surface area contributed by atoms with Gasteiger partial charge in [-0.1, -0.05) is 59.1 Å². The third-order valence-corrected chi connectivity index (χ3v) is 6.04. The lowest BCUT2D eigenvalue weighted by atomic mass is 9.93. The van der Waals surface area contributed by atoms with E-state index < -0.39 is 17.7 Å². The number of benzene rings is 3. The van der Waals surface area contributed by atoms with Crippen LogP contribution < -0.4 is 9.64 Å². The molecule has 168 valence electrons. The number of halogens is 1. The van der Waals surface area contributed by atoms with Gasteiger partial charge < -0.3 is 9.84 Å². The van der Waals surface area contributed by atoms with Crippen LogP contribution in [0.4, 0.5) is 5.69 Å². The van der Waals surface area contributed by atoms with Gasteiger partial charge in [-0.15, -0.1) is 0 Å². The van der Waals surface area contributed by atoms with Crippen molar-refractivity contribution in [2.45, 2.75) is 26.8 Å². The van der Waals surface area contributed by atoms with Crippen LogP contribution in [0.15, 0.2) is 66.2 Å². The van der Waals surface area contributed by atoms with Gasteiger partial charge in [0.05, 0.1) is 29.3 Å². The average molecular weight is 462 g/mol. The van der Waals surface area contributed by atoms with Gasteiger partial charge in [0.1, 0.15) is 11.5 Å². The highest BCUT2D eigenvalue weighted by Crippen LogP contribution is 2.44. The van der Waals surface area contributed by atoms with Crippen LogP contribution in [0.25, 0.3) is 5.76 Å². The highest BCUT2D eigenvalue weighted by molar-refractivity contribution is 6.51. The molecule has 3 aromatic carbocycles. The Morgan fingerprint density at radius 2 is 1.64 bits per heavy atom. The smallest absolute Gasteiger partial charge is 0.300 e. The fourth-order valence-electron chi connectivity index (χ4n) is 4.22. The molecule has 1 N–H and O–H groups in total. The molecule has 6 heteroatoms. The second-order valence-electron chi connectivity index (χ2n) is 8.25. The van der Waals surface area contributed by atoms with Gasteiger partial charge in [0.25, 0.3) is 11.7 Å². The molecule has 0 aliphatic carbocycles. The zero-order valence-electron chi connectivity index (χ0n) is 18.8. The third-order valence-electron chi connectivity index (χ3n) is 5.76. The summed E-state index contributed by atoms with van der Waals surface area (Å²) in [5.74, 6) is -1.55. The van der Waals surface area contributed by atoms with Crippen LogP contribution in [0, 0.1) is 20.8 Å². The van der Waals surface area contributed by atoms with Crippen LogP contribution in [0.2, 0.25) is 5.02 Å². The minimum Gasteiger partial charge on any atom is -0.507 e. The molecule has 0 bridgehead atoms. The molecule has 33 heavy (non-hydrogen) atoms. The summed E-state index contributed by atoms with van der Waals surface area (Å²) in [4.78, 5) is 28.0. The Morgan fingerprint density at radius 1 is 0.939 bits per heavy atom. The second kappa shape index (κ2) is 8.75. The van der Waals surface area contributed by atoms with E-state index in [4.69, 9.17) is 16.3 Å². The van der Waals surface area contributed by atoms with Gasteiger partial charge in [0.15, 0.2) is 0 Å². The van der Waals surface area contributed by atoms with Gasteiger partial charge in [0, 0.05) is 5.69 Å². The Kier molecular flexibility index (Phi) is 6.00. The zero-order chi connectivity index (χ0) is 23.9. The van der Waals surface area contributed by atoms with E-state index in [9.17, 15) is 14.7 Å². The SMILES string of the molecule is COc1c(Cl)cc(C)cc1/C(O)=C1\C(=O)C(=O)N(c2ccc(C)cc2)C1c1cccc(C)c1. The Balaban J connectivity index is 2.01. The zero-order valence-corrected chi connectivity index (χ0v) is 19.6. The summed E-state index contributed by atoms with van der Waals surface area (Å²) in [5, 5.41) is 11.7. The molecular formula is C27H24ClNO4. The van der Waals surface area contributed by atoms with Crippen LogP contribution in [-0.2, 0) is 9.59 Å². The van der Waals surface area contributed by atoms with Crippen molar-refractivity contribution in [3.63, 3.8) is 0 Å². The molecule has 1 heterocycles. The predicted octanol–water partition coefficient (Wildman–Crippen LogP) is 5.90. The molecule has 0 spiro atoms. The summed E-state index contributed by atoms with van der Waals surface area (Å²) in [7, 11) is 1.44. The molecule has 5 nitrogen and oxygen atoms in total. The predicted molar refractivity (Wildman–Crippen MR) is 130 cm³/mol. The maximum Gasteiger partial charge on any atom is 0.300 e. The highest BCUT2D eigenvalue weighted by Gasteiger charge is 2.47. The van der Waals surface area contributed by atoms with Crippen LogP contribution >= 0.6 is 11.6 Å². The van der Waals surface area contributed by atoms with E-state index in [0.29, 0.717) is 16.3 Å². The van der Waals surface area contributed by atoms with Crippen LogP contribution in [-0.4, -0.2) is 23.9 Å². The topological polar surface area (TPSA) is 66.8 Å². The number of anilines is 1. The molecule has 1 fully saturated rings. The van der Waals surface area contributed by atoms with Crippen molar-refractivity contribution in [3.8, 4) is 5.75 Å². The number of hydrogen-bond donors (Lipinski definition) is 1. The molecule has 1 amide bonds. The van der Waals surface area contributed by atoms with Gasteiger partial charge in [-0.2, -0.15) is 0 Å². The molecule has 1 unspecified atom stereocenters. The van der Waals surface area contributed by atoms with Crippen molar-refractivity contribution in [2.75, 3.05) is 12.0 Å². The third kappa shape index (κ3) is 4.00. The van der Waals surface area contributed by atoms with Gasteiger partial charge in [-0.05, 0) is 56.2 Å². The van der Waals surface area contributed by atoms with Crippen molar-refractivity contribution in [1.82, 2.24) is 0 Å². The molecule has 4 rings (SSSR count). The van der Waals surface area contributed by atoms with E-state index in [-0.39, 0.29) is 22.6 Å². The number of nitrogens with zero attached hydrogens (tertiary/aromatic N) is 1. The second-order valence-corrected chi connectivity index (χ2v) is 8.65. The molecule has 0 saturated carbocycles. The Labute approximate surface area is 197 Å². The summed E-state index contributed by atoms with van der Waals surface area (Å²) in [6.07, 6.45) is 0. The monoisotopic (exact) mass is 461 g/mol. The number of aliphatic hydroxyl groups is 1. The van der Waals surface area contributed by atoms with Crippen molar-refractivity contribution < 1.29 is 19.4 Å². The van der Waals surface area contributed by atoms with Gasteiger partial charge in [-0.3, -0.25) is 14.5 Å². The quantitative estimate of drug-likeness (QED) is 0.298. The maximum absolute atomic E-state index is 13.3. The largest absolute Gasteiger partial charge is 0.507 e. The van der Waals surface area contributed by atoms with Crippen LogP contribution in [0.5, 0.6) is 5.75 Å². The summed E-state index contributed by atoms with van der Waals surface area (Å²) in [6, 6.07) is 17.5. The molecular weight excluding hydrogens is 438 g/mol. The molecule has 1 saturated heterocycles. The fraction of sp³-hybridized carbons (Fsp3) is 0.185. The number of ketones is 1. The van der Waals surface area contributed by atoms with Crippen LogP contribution in [0.3, 0.4) is 0 Å². The lowest BCUT2D eigenvalue weighted by Gasteiger charge is -2.26. The number of methoxy groups -OCH3 is 1. The first kappa shape index (κ1) is 22.6. The number of Topliss-reactive ketones (excluding diaryl/α,β-unsaturated/α-hetero) is 1. The standard InChI is InChI=1S/C27H24ClNO4/c1-15-8-10-19(11-9-15)29-23(18-7-5-6-16(2)12-18)22(25(31)27(29)32)24(30)20-13-17(3)14-21(28)26(20)33-4/h5-14,23,30H,1-4H3/b24-22+. The number of hydrogen-bond acceptors (Lipinski definition) is 4. The Bertz CT molecular complexity index is 1290. The molecule has 1 aliphatic rings. The maximum atomic E-state index is 13.3. The van der Waals surface area contributed by atoms with Crippen molar-refractivity contribution in [2.24, 2.45) is 0 Å². The number of rotatable bonds is 4. The normalized spacial score (nSPS) is 17.5. The summed E-state index contributed by atoms with van der Waals surface area (Å²) in [5.41, 5.74) is 4.33. The van der Waals surface area contributed by atoms with E-state index in [0.717, 1.165) is 16.7 Å². The molecule has 1 atom stereocenters. The molecule has 0 radical (unpaired) electrons. The average Bonchev–Trinajstić information content (AvgIpc) is 3.04. The molecule has 0 aromatic heterocycles. The van der Waals surface area contributed by atoms with Crippen molar-refractivity contribution in [1.29, 1.82) is 0 Å². The number of aliphatic hydroxyl groups excluding tert-OH is 1. The van der Waals surface area contributed by atoms with Crippen LogP contribution in [0.1, 0.15) is 33.9 Å². The lowest BCUT2D eigenvalue weighted by Crippen LogP contribution is -2.29. The first-order valence-corrected chi connectivity index (χ1v) is 10.9. The summed E-state index contributed by atoms with van der Waals surface area (Å²) in [6.45, 7) is 5.71. The first-order chi connectivity index (χ1) is 15.7. The first-order valence-electron chi connectivity index (χ1n) is 10.5. The number of ether oxygens (including phenoxy) is 1. The summed E-state index contributed by atoms with van der Waals surface area (Å²) < 4.78 is 5.42. The van der Waals surface area contributed by atoms with E-state index >= 15 is 0 Å². The van der Waals surface area contributed by atoms with E-state index in [2.05, 4.69) is 0 Å². The highest BCUT2D eigenvalue weighted by atomic mass is 35.5. The number of amides is 1. The lowest BCUT2D eigenvalue weighted by molar-refractivity contribution is -0.132. The van der Waals surface area contributed by atoms with Gasteiger partial charge in [0.2, 0.25) is 0 Å². The summed E-state index contributed by atoms with van der Waals surface area (Å²) >= 11 is 6.34. The molecule has 3 aromatic rings. The number of aryl methyl sites for hydroxylation is 3. The Morgan fingerprint density at radius 3 is 2.27 bits per heavy atom. The van der Waals surface area contributed by atoms with E-state index in [1.165, 1.54) is 12.0 Å². The van der Waals surface area contributed by atoms with Gasteiger partial charge in [-0.25, -0.2) is 0 Å². The number of carbonyl (C=O) groups excluding carboxylic acids is 2.